The quantitative estimate of drug-likeness (QED) is 0.704. The third-order valence-corrected chi connectivity index (χ3v) is 6.91. The van der Waals surface area contributed by atoms with Gasteiger partial charge in [0.1, 0.15) is 5.82 Å². The van der Waals surface area contributed by atoms with Crippen LogP contribution >= 0.6 is 0 Å². The lowest BCUT2D eigenvalue weighted by molar-refractivity contribution is 0.102. The summed E-state index contributed by atoms with van der Waals surface area (Å²) in [5.74, 6) is -0.717. The number of piperidine rings is 1. The van der Waals surface area contributed by atoms with Crippen LogP contribution in [0.1, 0.15) is 62.4 Å². The van der Waals surface area contributed by atoms with E-state index in [1.165, 1.54) is 47.1 Å². The Morgan fingerprint density at radius 2 is 1.77 bits per heavy atom. The van der Waals surface area contributed by atoms with Crippen molar-refractivity contribution < 1.29 is 17.6 Å². The smallest absolute Gasteiger partial charge is 0.255 e. The summed E-state index contributed by atoms with van der Waals surface area (Å²) in [6, 6.07) is 10.2. The molecule has 0 saturated carbocycles. The molecule has 1 unspecified atom stereocenters. The first-order chi connectivity index (χ1) is 14.2. The number of nitrogens with zero attached hydrogens (tertiary/aromatic N) is 1. The Morgan fingerprint density at radius 3 is 2.33 bits per heavy atom. The summed E-state index contributed by atoms with van der Waals surface area (Å²) in [6.07, 6.45) is 4.01. The van der Waals surface area contributed by atoms with Gasteiger partial charge in [0.25, 0.3) is 5.91 Å². The van der Waals surface area contributed by atoms with E-state index in [1.807, 2.05) is 6.92 Å². The molecule has 1 fully saturated rings. The highest BCUT2D eigenvalue weighted by Gasteiger charge is 2.30. The number of nitrogens with one attached hydrogen (secondary N) is 1. The standard InChI is InChI=1S/C20H23FN2O3S.C3H8/c1-14-13-17(8-11-19(14)21)22-20(24)16-6-9-18(10-7-16)27(25,26)23-12-4-3-5-15(23)2;1-3-2/h6-11,13,15H,3-5,12H2,1-2H3,(H,22,24);3H2,1-2H3. The zero-order valence-corrected chi connectivity index (χ0v) is 18.9. The molecule has 1 aliphatic heterocycles. The van der Waals surface area contributed by atoms with Gasteiger partial charge in [0.15, 0.2) is 0 Å². The van der Waals surface area contributed by atoms with Crippen molar-refractivity contribution in [2.45, 2.75) is 64.3 Å². The zero-order valence-electron chi connectivity index (χ0n) is 18.1. The molecule has 1 heterocycles. The number of hydrogen-bond donors (Lipinski definition) is 1. The van der Waals surface area contributed by atoms with Gasteiger partial charge in [0.2, 0.25) is 10.0 Å². The van der Waals surface area contributed by atoms with E-state index in [1.54, 1.807) is 13.0 Å². The highest BCUT2D eigenvalue weighted by atomic mass is 32.2. The van der Waals surface area contributed by atoms with E-state index < -0.39 is 10.0 Å². The molecule has 3 rings (SSSR count). The molecule has 1 saturated heterocycles. The summed E-state index contributed by atoms with van der Waals surface area (Å²) in [4.78, 5) is 12.5. The molecular formula is C23H31FN2O3S. The summed E-state index contributed by atoms with van der Waals surface area (Å²) in [5, 5.41) is 2.69. The van der Waals surface area contributed by atoms with Gasteiger partial charge in [-0.05, 0) is 74.7 Å². The second-order valence-corrected chi connectivity index (χ2v) is 9.50. The number of hydrogen-bond acceptors (Lipinski definition) is 3. The average molecular weight is 435 g/mol. The van der Waals surface area contributed by atoms with Crippen LogP contribution in [0.4, 0.5) is 10.1 Å². The monoisotopic (exact) mass is 434 g/mol. The summed E-state index contributed by atoms with van der Waals surface area (Å²) >= 11 is 0. The van der Waals surface area contributed by atoms with Crippen LogP contribution in [0.3, 0.4) is 0 Å². The van der Waals surface area contributed by atoms with Crippen LogP contribution < -0.4 is 5.32 Å². The Hall–Kier alpha value is -2.25. The molecule has 2 aromatic rings. The first kappa shape index (κ1) is 24.0. The number of carbonyl (C=O) groups is 1. The lowest BCUT2D eigenvalue weighted by atomic mass is 10.1. The van der Waals surface area contributed by atoms with E-state index in [0.717, 1.165) is 19.3 Å². The first-order valence-corrected chi connectivity index (χ1v) is 11.8. The van der Waals surface area contributed by atoms with Crippen LogP contribution in [0.15, 0.2) is 47.4 Å². The first-order valence-electron chi connectivity index (χ1n) is 10.4. The Balaban J connectivity index is 0.00000101. The minimum atomic E-state index is -3.56. The second-order valence-electron chi connectivity index (χ2n) is 7.61. The fourth-order valence-electron chi connectivity index (χ4n) is 3.27. The SMILES string of the molecule is CCC.Cc1cc(NC(=O)c2ccc(S(=O)(=O)N3CCCCC3C)cc2)ccc1F. The van der Waals surface area contributed by atoms with Crippen molar-refractivity contribution in [3.8, 4) is 0 Å². The highest BCUT2D eigenvalue weighted by molar-refractivity contribution is 7.89. The Morgan fingerprint density at radius 1 is 1.13 bits per heavy atom. The highest BCUT2D eigenvalue weighted by Crippen LogP contribution is 2.25. The van der Waals surface area contributed by atoms with E-state index >= 15 is 0 Å². The topological polar surface area (TPSA) is 66.5 Å². The van der Waals surface area contributed by atoms with Crippen molar-refractivity contribution in [1.29, 1.82) is 0 Å². The number of halogens is 1. The van der Waals surface area contributed by atoms with Gasteiger partial charge in [0.05, 0.1) is 4.90 Å². The normalized spacial score (nSPS) is 17.0. The molecule has 5 nitrogen and oxygen atoms in total. The Labute approximate surface area is 179 Å². The number of sulfonamides is 1. The fourth-order valence-corrected chi connectivity index (χ4v) is 4.97. The maximum atomic E-state index is 13.3. The number of anilines is 1. The van der Waals surface area contributed by atoms with Crippen molar-refractivity contribution in [3.05, 3.63) is 59.4 Å². The summed E-state index contributed by atoms with van der Waals surface area (Å²) in [6.45, 7) is 8.31. The van der Waals surface area contributed by atoms with Gasteiger partial charge in [-0.2, -0.15) is 4.31 Å². The lowest BCUT2D eigenvalue weighted by Gasteiger charge is -2.32. The predicted molar refractivity (Wildman–Crippen MR) is 119 cm³/mol. The van der Waals surface area contributed by atoms with Gasteiger partial charge in [0, 0.05) is 23.8 Å². The number of benzene rings is 2. The van der Waals surface area contributed by atoms with Gasteiger partial charge < -0.3 is 5.32 Å². The number of carbonyl (C=O) groups excluding carboxylic acids is 1. The maximum absolute atomic E-state index is 13.3. The number of aryl methyl sites for hydroxylation is 1. The van der Waals surface area contributed by atoms with E-state index in [-0.39, 0.29) is 22.7 Å². The summed E-state index contributed by atoms with van der Waals surface area (Å²) in [7, 11) is -3.56. The van der Waals surface area contributed by atoms with E-state index in [0.29, 0.717) is 23.4 Å². The number of amides is 1. The molecule has 0 aliphatic carbocycles. The van der Waals surface area contributed by atoms with Gasteiger partial charge in [-0.15, -0.1) is 0 Å². The van der Waals surface area contributed by atoms with Crippen LogP contribution in [0.5, 0.6) is 0 Å². The third-order valence-electron chi connectivity index (χ3n) is 4.88. The van der Waals surface area contributed by atoms with Crippen LogP contribution in [0, 0.1) is 12.7 Å². The van der Waals surface area contributed by atoms with Crippen molar-refractivity contribution in [1.82, 2.24) is 4.31 Å². The molecule has 7 heteroatoms. The van der Waals surface area contributed by atoms with E-state index in [9.17, 15) is 17.6 Å². The van der Waals surface area contributed by atoms with Gasteiger partial charge in [-0.1, -0.05) is 26.7 Å². The Bertz CT molecular complexity index is 959. The van der Waals surface area contributed by atoms with Crippen molar-refractivity contribution in [3.63, 3.8) is 0 Å². The third kappa shape index (κ3) is 5.89. The van der Waals surface area contributed by atoms with E-state index in [4.69, 9.17) is 0 Å². The molecule has 0 bridgehead atoms. The fraction of sp³-hybridized carbons (Fsp3) is 0.435. The molecule has 2 aromatic carbocycles. The van der Waals surface area contributed by atoms with Crippen molar-refractivity contribution in [2.24, 2.45) is 0 Å². The predicted octanol–water partition coefficient (Wildman–Crippen LogP) is 5.37. The average Bonchev–Trinajstić information content (AvgIpc) is 2.71. The minimum Gasteiger partial charge on any atom is -0.322 e. The lowest BCUT2D eigenvalue weighted by Crippen LogP contribution is -2.41. The van der Waals surface area contributed by atoms with Gasteiger partial charge >= 0.3 is 0 Å². The number of rotatable bonds is 4. The molecule has 0 aromatic heterocycles. The molecule has 1 N–H and O–H groups in total. The molecule has 1 amide bonds. The van der Waals surface area contributed by atoms with Crippen LogP contribution in [0.2, 0.25) is 0 Å². The van der Waals surface area contributed by atoms with Crippen molar-refractivity contribution in [2.75, 3.05) is 11.9 Å². The van der Waals surface area contributed by atoms with Gasteiger partial charge in [-0.25, -0.2) is 12.8 Å². The summed E-state index contributed by atoms with van der Waals surface area (Å²) in [5.41, 5.74) is 1.25. The van der Waals surface area contributed by atoms with Crippen LogP contribution in [-0.2, 0) is 10.0 Å². The van der Waals surface area contributed by atoms with Crippen LogP contribution in [0.25, 0.3) is 0 Å². The van der Waals surface area contributed by atoms with Crippen LogP contribution in [-0.4, -0.2) is 31.2 Å². The molecule has 164 valence electrons. The molecule has 0 spiro atoms. The largest absolute Gasteiger partial charge is 0.322 e. The molecular weight excluding hydrogens is 403 g/mol. The zero-order chi connectivity index (χ0) is 22.3. The van der Waals surface area contributed by atoms with Gasteiger partial charge in [-0.3, -0.25) is 4.79 Å². The Kier molecular flexibility index (Phi) is 8.55. The van der Waals surface area contributed by atoms with E-state index in [2.05, 4.69) is 19.2 Å². The molecule has 30 heavy (non-hydrogen) atoms. The molecule has 1 atom stereocenters. The minimum absolute atomic E-state index is 0.0200. The molecule has 0 radical (unpaired) electrons. The van der Waals surface area contributed by atoms with Crippen molar-refractivity contribution >= 4 is 21.6 Å². The molecule has 1 aliphatic rings. The second kappa shape index (κ2) is 10.7. The summed E-state index contributed by atoms with van der Waals surface area (Å²) < 4.78 is 40.5. The maximum Gasteiger partial charge on any atom is 0.255 e.